The van der Waals surface area contributed by atoms with E-state index in [-0.39, 0.29) is 0 Å². The number of rotatable bonds is 4. The largest absolute Gasteiger partial charge is 0.490 e. The van der Waals surface area contributed by atoms with Crippen LogP contribution in [-0.4, -0.2) is 58.4 Å². The zero-order valence-corrected chi connectivity index (χ0v) is 17.5. The predicted octanol–water partition coefficient (Wildman–Crippen LogP) is 4.78. The van der Waals surface area contributed by atoms with E-state index in [0.29, 0.717) is 23.7 Å². The fraction of sp³-hybridized carbons (Fsp3) is 0.391. The first-order valence-electron chi connectivity index (χ1n) is 10.3. The molecule has 9 heteroatoms. The predicted molar refractivity (Wildman–Crippen MR) is 113 cm³/mol. The molecule has 2 aliphatic rings. The topological polar surface area (TPSA) is 81.1 Å². The van der Waals surface area contributed by atoms with Crippen molar-refractivity contribution >= 4 is 23.3 Å². The summed E-state index contributed by atoms with van der Waals surface area (Å²) >= 11 is 0. The van der Waals surface area contributed by atoms with E-state index >= 15 is 0 Å². The number of carbonyl (C=O) groups is 2. The molecule has 2 saturated heterocycles. The quantitative estimate of drug-likeness (QED) is 0.698. The number of alkyl halides is 3. The number of para-hydroxylation sites is 1. The first-order valence-corrected chi connectivity index (χ1v) is 10.3. The molecule has 2 bridgehead atoms. The molecule has 1 unspecified atom stereocenters. The van der Waals surface area contributed by atoms with Crippen LogP contribution >= 0.6 is 0 Å². The number of hydrogen-bond acceptors (Lipinski definition) is 4. The van der Waals surface area contributed by atoms with Gasteiger partial charge in [0.1, 0.15) is 0 Å². The third-order valence-electron chi connectivity index (χ3n) is 6.11. The van der Waals surface area contributed by atoms with Crippen molar-refractivity contribution in [1.29, 1.82) is 0 Å². The summed E-state index contributed by atoms with van der Waals surface area (Å²) in [5.41, 5.74) is 2.59. The van der Waals surface area contributed by atoms with Gasteiger partial charge in [-0.2, -0.15) is 13.2 Å². The van der Waals surface area contributed by atoms with Gasteiger partial charge in [-0.05, 0) is 69.1 Å². The molecule has 4 rings (SSSR count). The number of anilines is 2. The summed E-state index contributed by atoms with van der Waals surface area (Å²) in [5, 5.41) is 16.3. The van der Waals surface area contributed by atoms with E-state index in [9.17, 15) is 18.0 Å². The van der Waals surface area contributed by atoms with Gasteiger partial charge in [-0.25, -0.2) is 9.59 Å². The lowest BCUT2D eigenvalue weighted by molar-refractivity contribution is -0.192. The minimum absolute atomic E-state index is 0.334. The molecule has 2 aliphatic heterocycles. The van der Waals surface area contributed by atoms with Crippen molar-refractivity contribution in [1.82, 2.24) is 4.90 Å². The molecule has 0 radical (unpaired) electrons. The first kappa shape index (κ1) is 23.6. The van der Waals surface area contributed by atoms with Gasteiger partial charge in [-0.15, -0.1) is 0 Å². The average molecular weight is 450 g/mol. The third-order valence-corrected chi connectivity index (χ3v) is 6.11. The lowest BCUT2D eigenvalue weighted by Crippen LogP contribution is -2.47. The van der Waals surface area contributed by atoms with Gasteiger partial charge in [0.05, 0.1) is 5.56 Å². The smallest absolute Gasteiger partial charge is 0.478 e. The Morgan fingerprint density at radius 3 is 1.81 bits per heavy atom. The van der Waals surface area contributed by atoms with Crippen LogP contribution in [0.2, 0.25) is 0 Å². The van der Waals surface area contributed by atoms with Crippen LogP contribution in [0.5, 0.6) is 0 Å². The van der Waals surface area contributed by atoms with Crippen molar-refractivity contribution in [3.63, 3.8) is 0 Å². The molecule has 0 saturated carbocycles. The highest BCUT2D eigenvalue weighted by Gasteiger charge is 2.41. The first-order chi connectivity index (χ1) is 15.1. The summed E-state index contributed by atoms with van der Waals surface area (Å²) in [6.07, 6.45) is -0.193. The SMILES string of the molecule is CN1[C@@H]2CC[C@H]1CC(N(c1ccccc1)c1ccc(C(=O)O)cc1)C2.O=C(O)C(F)(F)F. The van der Waals surface area contributed by atoms with Crippen LogP contribution in [0.1, 0.15) is 36.0 Å². The molecular formula is C23H25F3N2O4. The van der Waals surface area contributed by atoms with Crippen molar-refractivity contribution in [2.24, 2.45) is 0 Å². The summed E-state index contributed by atoms with van der Waals surface area (Å²) < 4.78 is 31.7. The van der Waals surface area contributed by atoms with Gasteiger partial charge in [0.2, 0.25) is 0 Å². The maximum Gasteiger partial charge on any atom is 0.490 e. The van der Waals surface area contributed by atoms with Crippen LogP contribution in [0, 0.1) is 0 Å². The molecule has 6 nitrogen and oxygen atoms in total. The highest BCUT2D eigenvalue weighted by molar-refractivity contribution is 5.88. The summed E-state index contributed by atoms with van der Waals surface area (Å²) in [5.74, 6) is -3.64. The van der Waals surface area contributed by atoms with Gasteiger partial charge in [0, 0.05) is 29.5 Å². The number of nitrogens with zero attached hydrogens (tertiary/aromatic N) is 2. The van der Waals surface area contributed by atoms with Crippen LogP contribution in [0.3, 0.4) is 0 Å². The Kier molecular flexibility index (Phi) is 7.08. The summed E-state index contributed by atoms with van der Waals surface area (Å²) in [4.78, 5) is 25.0. The van der Waals surface area contributed by atoms with Crippen molar-refractivity contribution < 1.29 is 33.0 Å². The molecule has 2 aromatic carbocycles. The number of benzene rings is 2. The van der Waals surface area contributed by atoms with Gasteiger partial charge in [-0.1, -0.05) is 18.2 Å². The van der Waals surface area contributed by atoms with Crippen LogP contribution in [0.4, 0.5) is 24.5 Å². The van der Waals surface area contributed by atoms with Crippen molar-refractivity contribution in [2.45, 2.75) is 50.0 Å². The molecule has 0 amide bonds. The minimum atomic E-state index is -5.08. The Bertz CT molecular complexity index is 921. The van der Waals surface area contributed by atoms with Crippen LogP contribution in [-0.2, 0) is 4.79 Å². The second kappa shape index (κ2) is 9.60. The zero-order chi connectivity index (χ0) is 23.5. The molecule has 2 fully saturated rings. The summed E-state index contributed by atoms with van der Waals surface area (Å²) in [7, 11) is 2.26. The molecule has 3 atom stereocenters. The Labute approximate surface area is 183 Å². The fourth-order valence-electron chi connectivity index (χ4n) is 4.52. The Morgan fingerprint density at radius 1 is 0.906 bits per heavy atom. The van der Waals surface area contributed by atoms with Gasteiger partial charge < -0.3 is 20.0 Å². The van der Waals surface area contributed by atoms with Crippen molar-refractivity contribution in [2.75, 3.05) is 11.9 Å². The Hall–Kier alpha value is -3.07. The van der Waals surface area contributed by atoms with E-state index in [2.05, 4.69) is 41.1 Å². The molecule has 0 spiro atoms. The molecule has 172 valence electrons. The lowest BCUT2D eigenvalue weighted by atomic mass is 9.95. The van der Waals surface area contributed by atoms with Gasteiger partial charge >= 0.3 is 18.1 Å². The van der Waals surface area contributed by atoms with Gasteiger partial charge in [0.15, 0.2) is 0 Å². The maximum atomic E-state index is 11.2. The Morgan fingerprint density at radius 2 is 1.38 bits per heavy atom. The third kappa shape index (κ3) is 5.40. The maximum absolute atomic E-state index is 11.2. The van der Waals surface area contributed by atoms with Crippen LogP contribution in [0.25, 0.3) is 0 Å². The van der Waals surface area contributed by atoms with Crippen LogP contribution in [0.15, 0.2) is 54.6 Å². The average Bonchev–Trinajstić information content (AvgIpc) is 2.95. The summed E-state index contributed by atoms with van der Waals surface area (Å²) in [6.45, 7) is 0. The molecule has 2 aromatic rings. The van der Waals surface area contributed by atoms with E-state index in [1.807, 2.05) is 18.2 Å². The van der Waals surface area contributed by atoms with Gasteiger partial charge in [0.25, 0.3) is 0 Å². The van der Waals surface area contributed by atoms with E-state index in [1.54, 1.807) is 12.1 Å². The highest BCUT2D eigenvalue weighted by Crippen LogP contribution is 2.40. The lowest BCUT2D eigenvalue weighted by Gasteiger charge is -2.43. The van der Waals surface area contributed by atoms with E-state index < -0.39 is 18.1 Å². The number of halogens is 3. The standard InChI is InChI=1S/C21H24N2O2.C2HF3O2/c1-22-18-11-12-19(22)14-20(13-18)23(16-5-3-2-4-6-16)17-9-7-15(8-10-17)21(24)25;3-2(4,5)1(6)7/h2-10,18-20H,11-14H2,1H3,(H,24,25);(H,6,7)/t18-,19+,20?;. The number of fused-ring (bicyclic) bond motifs is 2. The normalized spacial score (nSPS) is 22.6. The number of aromatic carboxylic acids is 1. The second-order valence-electron chi connectivity index (χ2n) is 8.04. The second-order valence-corrected chi connectivity index (χ2v) is 8.04. The number of hydrogen-bond donors (Lipinski definition) is 2. The molecule has 2 N–H and O–H groups in total. The number of carboxylic acid groups (broad SMARTS) is 2. The molecule has 0 aromatic heterocycles. The van der Waals surface area contributed by atoms with E-state index in [4.69, 9.17) is 15.0 Å². The van der Waals surface area contributed by atoms with Crippen molar-refractivity contribution in [3.05, 3.63) is 60.2 Å². The van der Waals surface area contributed by atoms with Gasteiger partial charge in [-0.3, -0.25) is 0 Å². The van der Waals surface area contributed by atoms with Crippen molar-refractivity contribution in [3.8, 4) is 0 Å². The van der Waals surface area contributed by atoms with E-state index in [1.165, 1.54) is 18.5 Å². The highest BCUT2D eigenvalue weighted by atomic mass is 19.4. The fourth-order valence-corrected chi connectivity index (χ4v) is 4.52. The summed E-state index contributed by atoms with van der Waals surface area (Å²) in [6, 6.07) is 19.5. The molecule has 32 heavy (non-hydrogen) atoms. The number of carboxylic acids is 2. The minimum Gasteiger partial charge on any atom is -0.478 e. The Balaban J connectivity index is 0.000000360. The zero-order valence-electron chi connectivity index (χ0n) is 17.5. The number of piperidine rings is 1. The van der Waals surface area contributed by atoms with E-state index in [0.717, 1.165) is 18.5 Å². The van der Waals surface area contributed by atoms with Crippen LogP contribution < -0.4 is 4.90 Å². The molecule has 2 heterocycles. The molecule has 0 aliphatic carbocycles. The monoisotopic (exact) mass is 450 g/mol. The number of aliphatic carboxylic acids is 1. The molecular weight excluding hydrogens is 425 g/mol.